The zero-order valence-electron chi connectivity index (χ0n) is 26.1. The van der Waals surface area contributed by atoms with Crippen molar-refractivity contribution in [3.63, 3.8) is 0 Å². The van der Waals surface area contributed by atoms with Crippen molar-refractivity contribution in [2.45, 2.75) is 75.7 Å². The number of allylic oxidation sites excluding steroid dienone is 1. The number of esters is 1. The van der Waals surface area contributed by atoms with Gasteiger partial charge in [-0.25, -0.2) is 0 Å². The quantitative estimate of drug-likeness (QED) is 0.157. The minimum atomic E-state index is -1.30. The molecule has 9 heteroatoms. The summed E-state index contributed by atoms with van der Waals surface area (Å²) in [4.78, 5) is 46.8. The van der Waals surface area contributed by atoms with Crippen molar-refractivity contribution in [3.8, 4) is 0 Å². The Morgan fingerprint density at radius 1 is 1.16 bits per heavy atom. The van der Waals surface area contributed by atoms with E-state index >= 15 is 4.79 Å². The highest BCUT2D eigenvalue weighted by Crippen LogP contribution is 2.65. The number of carbonyl (C=O) groups is 3. The van der Waals surface area contributed by atoms with Crippen molar-refractivity contribution >= 4 is 35.1 Å². The molecule has 2 amide bonds. The van der Waals surface area contributed by atoms with E-state index in [1.807, 2.05) is 62.4 Å². The molecule has 5 rings (SSSR count). The molecule has 1 spiro atoms. The number of anilines is 1. The largest absolute Gasteiger partial charge is 0.465 e. The van der Waals surface area contributed by atoms with E-state index in [1.165, 1.54) is 4.90 Å². The summed E-state index contributed by atoms with van der Waals surface area (Å²) in [5.74, 6) is -3.10. The predicted octanol–water partition coefficient (Wildman–Crippen LogP) is 5.96. The maximum Gasteiger partial charge on any atom is 0.312 e. The number of aryl methyl sites for hydroxylation is 1. The number of para-hydroxylation sites is 1. The Hall–Kier alpha value is -3.46. The molecular weight excluding hydrogens is 592 g/mol. The molecular formula is C36H43ClN2O6. The van der Waals surface area contributed by atoms with Crippen LogP contribution in [0.25, 0.3) is 0 Å². The van der Waals surface area contributed by atoms with Crippen LogP contribution in [0, 0.1) is 18.8 Å². The smallest absolute Gasteiger partial charge is 0.312 e. The molecule has 3 saturated heterocycles. The third kappa shape index (κ3) is 5.51. The van der Waals surface area contributed by atoms with Crippen molar-refractivity contribution in [1.29, 1.82) is 0 Å². The van der Waals surface area contributed by atoms with Crippen LogP contribution in [0.3, 0.4) is 0 Å². The van der Waals surface area contributed by atoms with Crippen molar-refractivity contribution in [2.24, 2.45) is 11.8 Å². The predicted molar refractivity (Wildman–Crippen MR) is 174 cm³/mol. The van der Waals surface area contributed by atoms with Gasteiger partial charge in [0.1, 0.15) is 17.6 Å². The second-order valence-electron chi connectivity index (χ2n) is 12.3. The standard InChI is InChI=1S/C36H43ClN2O6/c1-5-8-9-13-22-44-34(43)29-28-32(41)39(27(23-40)25-16-11-10-12-17-25)31(36(28)20-19-35(29,7-3)45-36)33(42)38(21-6-2)30-24(4)15-14-18-26(30)37/h5-6,10-12,14-18,27-29,31,40H,1-2,7-9,13,19-23H2,3-4H3/t27-,28+,29+,31?,35-,36?/m1/s1. The van der Waals surface area contributed by atoms with E-state index in [4.69, 9.17) is 21.1 Å². The van der Waals surface area contributed by atoms with E-state index in [0.717, 1.165) is 18.4 Å². The number of rotatable bonds is 14. The molecule has 8 nitrogen and oxygen atoms in total. The highest BCUT2D eigenvalue weighted by Gasteiger charge is 2.79. The molecule has 3 aliphatic heterocycles. The lowest BCUT2D eigenvalue weighted by molar-refractivity contribution is -0.162. The first-order valence-corrected chi connectivity index (χ1v) is 16.2. The average molecular weight is 635 g/mol. The van der Waals surface area contributed by atoms with Crippen molar-refractivity contribution in [3.05, 3.63) is 90.0 Å². The Bertz CT molecular complexity index is 1430. The van der Waals surface area contributed by atoms with Crippen molar-refractivity contribution in [2.75, 3.05) is 24.7 Å². The Balaban J connectivity index is 1.63. The van der Waals surface area contributed by atoms with Crippen LogP contribution >= 0.6 is 11.6 Å². The molecule has 2 aromatic rings. The number of nitrogens with zero attached hydrogens (tertiary/aromatic N) is 2. The number of benzene rings is 2. The van der Waals surface area contributed by atoms with Gasteiger partial charge in [0.2, 0.25) is 5.91 Å². The Morgan fingerprint density at radius 3 is 2.56 bits per heavy atom. The van der Waals surface area contributed by atoms with E-state index in [1.54, 1.807) is 17.0 Å². The zero-order valence-corrected chi connectivity index (χ0v) is 26.9. The number of unbranched alkanes of at least 4 members (excludes halogenated alkanes) is 2. The van der Waals surface area contributed by atoms with Crippen LogP contribution in [0.4, 0.5) is 5.69 Å². The summed E-state index contributed by atoms with van der Waals surface area (Å²) in [6.07, 6.45) is 7.17. The number of hydrogen-bond donors (Lipinski definition) is 1. The summed E-state index contributed by atoms with van der Waals surface area (Å²) >= 11 is 6.69. The molecule has 2 unspecified atom stereocenters. The number of fused-ring (bicyclic) bond motifs is 1. The van der Waals surface area contributed by atoms with Crippen LogP contribution in [-0.2, 0) is 23.9 Å². The fourth-order valence-corrected chi connectivity index (χ4v) is 8.17. The molecule has 3 aliphatic rings. The Labute approximate surface area is 270 Å². The van der Waals surface area contributed by atoms with Crippen LogP contribution in [0.2, 0.25) is 5.02 Å². The third-order valence-corrected chi connectivity index (χ3v) is 10.2. The minimum Gasteiger partial charge on any atom is -0.465 e. The minimum absolute atomic E-state index is 0.132. The van der Waals surface area contributed by atoms with Gasteiger partial charge < -0.3 is 24.4 Å². The fourth-order valence-electron chi connectivity index (χ4n) is 7.85. The summed E-state index contributed by atoms with van der Waals surface area (Å²) in [6, 6.07) is 12.6. The molecule has 1 N–H and O–H groups in total. The average Bonchev–Trinajstić information content (AvgIpc) is 3.65. The molecule has 0 saturated carbocycles. The first-order valence-electron chi connectivity index (χ1n) is 15.8. The number of aliphatic hydroxyl groups excluding tert-OH is 1. The first kappa shape index (κ1) is 32.9. The van der Waals surface area contributed by atoms with Crippen LogP contribution in [0.15, 0.2) is 73.8 Å². The van der Waals surface area contributed by atoms with E-state index in [2.05, 4.69) is 13.2 Å². The molecule has 0 radical (unpaired) electrons. The molecule has 240 valence electrons. The maximum atomic E-state index is 15.1. The van der Waals surface area contributed by atoms with Gasteiger partial charge in [0.25, 0.3) is 5.91 Å². The lowest BCUT2D eigenvalue weighted by Gasteiger charge is -2.40. The van der Waals surface area contributed by atoms with Crippen LogP contribution in [0.5, 0.6) is 0 Å². The van der Waals surface area contributed by atoms with Gasteiger partial charge in [-0.3, -0.25) is 14.4 Å². The van der Waals surface area contributed by atoms with Crippen LogP contribution in [-0.4, -0.2) is 64.8 Å². The maximum absolute atomic E-state index is 15.1. The topological polar surface area (TPSA) is 96.4 Å². The van der Waals surface area contributed by atoms with Crippen molar-refractivity contribution < 1.29 is 29.0 Å². The monoisotopic (exact) mass is 634 g/mol. The van der Waals surface area contributed by atoms with E-state index < -0.39 is 59.5 Å². The third-order valence-electron chi connectivity index (χ3n) is 9.88. The van der Waals surface area contributed by atoms with Gasteiger partial charge in [0.05, 0.1) is 41.5 Å². The van der Waals surface area contributed by atoms with Gasteiger partial charge in [-0.15, -0.1) is 13.2 Å². The lowest BCUT2D eigenvalue weighted by atomic mass is 9.65. The molecule has 0 aromatic heterocycles. The van der Waals surface area contributed by atoms with E-state index in [0.29, 0.717) is 42.0 Å². The number of halogens is 1. The summed E-state index contributed by atoms with van der Waals surface area (Å²) < 4.78 is 12.7. The molecule has 6 atom stereocenters. The Kier molecular flexibility index (Phi) is 9.87. The van der Waals surface area contributed by atoms with Crippen LogP contribution < -0.4 is 4.90 Å². The summed E-state index contributed by atoms with van der Waals surface area (Å²) in [6.45, 7) is 11.4. The van der Waals surface area contributed by atoms with E-state index in [-0.39, 0.29) is 13.2 Å². The molecule has 2 aromatic carbocycles. The number of ether oxygens (including phenoxy) is 2. The first-order chi connectivity index (χ1) is 21.7. The zero-order chi connectivity index (χ0) is 32.4. The fraction of sp³-hybridized carbons (Fsp3) is 0.472. The van der Waals surface area contributed by atoms with Crippen LogP contribution in [0.1, 0.15) is 62.6 Å². The highest BCUT2D eigenvalue weighted by molar-refractivity contribution is 6.34. The number of amides is 2. The lowest BCUT2D eigenvalue weighted by Crippen LogP contribution is -2.57. The van der Waals surface area contributed by atoms with Gasteiger partial charge in [-0.2, -0.15) is 0 Å². The molecule has 3 fully saturated rings. The van der Waals surface area contributed by atoms with E-state index in [9.17, 15) is 14.7 Å². The number of carbonyl (C=O) groups excluding carboxylic acids is 3. The molecule has 0 aliphatic carbocycles. The summed E-state index contributed by atoms with van der Waals surface area (Å²) in [7, 11) is 0. The number of hydrogen-bond acceptors (Lipinski definition) is 6. The highest BCUT2D eigenvalue weighted by atomic mass is 35.5. The molecule has 3 heterocycles. The number of likely N-dealkylation sites (tertiary alicyclic amines) is 1. The molecule has 2 bridgehead atoms. The molecule has 45 heavy (non-hydrogen) atoms. The second kappa shape index (κ2) is 13.5. The van der Waals surface area contributed by atoms with Gasteiger partial charge in [0, 0.05) is 6.54 Å². The Morgan fingerprint density at radius 2 is 1.91 bits per heavy atom. The van der Waals surface area contributed by atoms with Gasteiger partial charge in [0.15, 0.2) is 0 Å². The second-order valence-corrected chi connectivity index (χ2v) is 12.7. The normalized spacial score (nSPS) is 27.2. The SMILES string of the molecule is C=CCCCCOC(=O)[C@@H]1[C@H]2C(=O)N([C@H](CO)c3ccccc3)C(C(=O)N(CC=C)c3c(C)cccc3Cl)C23CC[C@@]1(CC)O3. The van der Waals surface area contributed by atoms with Gasteiger partial charge in [-0.05, 0) is 62.6 Å². The number of aliphatic hydroxyl groups is 1. The van der Waals surface area contributed by atoms with Gasteiger partial charge in [-0.1, -0.05) is 73.1 Å². The van der Waals surface area contributed by atoms with Gasteiger partial charge >= 0.3 is 5.97 Å². The summed E-state index contributed by atoms with van der Waals surface area (Å²) in [5.41, 5.74) is -0.261. The van der Waals surface area contributed by atoms with Crippen molar-refractivity contribution in [1.82, 2.24) is 4.90 Å². The summed E-state index contributed by atoms with van der Waals surface area (Å²) in [5, 5.41) is 11.2.